The van der Waals surface area contributed by atoms with E-state index in [9.17, 15) is 4.79 Å². The highest BCUT2D eigenvalue weighted by molar-refractivity contribution is 6.74. The lowest BCUT2D eigenvalue weighted by molar-refractivity contribution is -0.144. The summed E-state index contributed by atoms with van der Waals surface area (Å²) >= 11 is 0. The van der Waals surface area contributed by atoms with E-state index in [1.54, 1.807) is 6.92 Å². The first-order valence-corrected chi connectivity index (χ1v) is 9.34. The highest BCUT2D eigenvalue weighted by atomic mass is 28.4. The van der Waals surface area contributed by atoms with Gasteiger partial charge in [-0.3, -0.25) is 4.79 Å². The molecular weight excluding hydrogens is 232 g/mol. The van der Waals surface area contributed by atoms with Crippen molar-refractivity contribution >= 4 is 14.3 Å². The van der Waals surface area contributed by atoms with E-state index in [0.717, 1.165) is 12.8 Å². The van der Waals surface area contributed by atoms with Crippen molar-refractivity contribution in [1.82, 2.24) is 0 Å². The Morgan fingerprint density at radius 1 is 1.35 bits per heavy atom. The molecule has 0 rings (SSSR count). The predicted octanol–water partition coefficient (Wildman–Crippen LogP) is 3.90. The molecule has 0 aliphatic carbocycles. The summed E-state index contributed by atoms with van der Waals surface area (Å²) in [5.41, 5.74) is 0. The summed E-state index contributed by atoms with van der Waals surface area (Å²) in [6.07, 6.45) is 1.62. The highest BCUT2D eigenvalue weighted by Gasteiger charge is 2.40. The lowest BCUT2D eigenvalue weighted by atomic mass is 10.0. The minimum Gasteiger partial charge on any atom is -0.481 e. The predicted molar refractivity (Wildman–Crippen MR) is 73.8 cm³/mol. The first kappa shape index (κ1) is 16.6. The van der Waals surface area contributed by atoms with E-state index in [4.69, 9.17) is 9.53 Å². The molecule has 4 heteroatoms. The number of carboxylic acid groups (broad SMARTS) is 1. The lowest BCUT2D eigenvalue weighted by Crippen LogP contribution is -2.46. The van der Waals surface area contributed by atoms with Crippen molar-refractivity contribution in [3.63, 3.8) is 0 Å². The molecule has 0 aromatic heterocycles. The van der Waals surface area contributed by atoms with Gasteiger partial charge >= 0.3 is 5.97 Å². The van der Waals surface area contributed by atoms with Crippen LogP contribution in [-0.4, -0.2) is 25.5 Å². The normalized spacial score (nSPS) is 16.6. The molecule has 0 saturated carbocycles. The molecule has 0 heterocycles. The Morgan fingerprint density at radius 2 is 1.82 bits per heavy atom. The minimum atomic E-state index is -1.88. The molecule has 0 amide bonds. The molecule has 0 fully saturated rings. The summed E-state index contributed by atoms with van der Waals surface area (Å²) in [4.78, 5) is 11.1. The van der Waals surface area contributed by atoms with Crippen molar-refractivity contribution in [2.75, 3.05) is 0 Å². The van der Waals surface area contributed by atoms with Crippen LogP contribution in [0.25, 0.3) is 0 Å². The van der Waals surface area contributed by atoms with Crippen molar-refractivity contribution in [2.45, 2.75) is 71.7 Å². The van der Waals surface area contributed by atoms with Crippen LogP contribution in [0, 0.1) is 5.92 Å². The molecule has 0 saturated heterocycles. The molecule has 0 unspecified atom stereocenters. The number of carboxylic acids is 1. The van der Waals surface area contributed by atoms with Crippen LogP contribution in [0.3, 0.4) is 0 Å². The van der Waals surface area contributed by atoms with Crippen LogP contribution in [0.2, 0.25) is 18.1 Å². The molecular formula is C13H28O3Si. The van der Waals surface area contributed by atoms with E-state index in [2.05, 4.69) is 40.8 Å². The summed E-state index contributed by atoms with van der Waals surface area (Å²) in [5.74, 6) is -1.19. The fourth-order valence-electron chi connectivity index (χ4n) is 1.41. The van der Waals surface area contributed by atoms with Gasteiger partial charge in [0.1, 0.15) is 0 Å². The Hall–Kier alpha value is -0.353. The quantitative estimate of drug-likeness (QED) is 0.737. The monoisotopic (exact) mass is 260 g/mol. The summed E-state index contributed by atoms with van der Waals surface area (Å²) in [5, 5.41) is 9.24. The van der Waals surface area contributed by atoms with Crippen molar-refractivity contribution in [3.8, 4) is 0 Å². The second-order valence-corrected chi connectivity index (χ2v) is 11.1. The van der Waals surface area contributed by atoms with E-state index >= 15 is 0 Å². The number of aliphatic carboxylic acids is 1. The van der Waals surface area contributed by atoms with Gasteiger partial charge in [-0.15, -0.1) is 0 Å². The van der Waals surface area contributed by atoms with E-state index in [-0.39, 0.29) is 11.1 Å². The third-order valence-electron chi connectivity index (χ3n) is 3.77. The number of carbonyl (C=O) groups is 1. The average molecular weight is 260 g/mol. The standard InChI is InChI=1S/C13H28O3Si/c1-8-9-11(10(2)12(14)15)16-17(6,7)13(3,4)5/h10-11H,8-9H2,1-7H3,(H,14,15)/t10-,11+/m0/s1. The van der Waals surface area contributed by atoms with Crippen LogP contribution in [-0.2, 0) is 9.22 Å². The Balaban J connectivity index is 4.82. The highest BCUT2D eigenvalue weighted by Crippen LogP contribution is 2.38. The van der Waals surface area contributed by atoms with Gasteiger partial charge in [-0.1, -0.05) is 34.1 Å². The van der Waals surface area contributed by atoms with Crippen molar-refractivity contribution < 1.29 is 14.3 Å². The largest absolute Gasteiger partial charge is 0.481 e. The third-order valence-corrected chi connectivity index (χ3v) is 8.28. The third kappa shape index (κ3) is 4.80. The van der Waals surface area contributed by atoms with Crippen LogP contribution < -0.4 is 0 Å². The molecule has 2 atom stereocenters. The van der Waals surface area contributed by atoms with Crippen LogP contribution in [0.4, 0.5) is 0 Å². The van der Waals surface area contributed by atoms with E-state index < -0.39 is 20.2 Å². The molecule has 0 radical (unpaired) electrons. The fourth-order valence-corrected chi connectivity index (χ4v) is 2.84. The minimum absolute atomic E-state index is 0.122. The maximum absolute atomic E-state index is 11.1. The average Bonchev–Trinajstić information content (AvgIpc) is 2.13. The summed E-state index contributed by atoms with van der Waals surface area (Å²) in [6.45, 7) is 14.7. The SMILES string of the molecule is CCC[C@@H](O[Si](C)(C)C(C)(C)C)[C@H](C)C(=O)O. The lowest BCUT2D eigenvalue weighted by Gasteiger charge is -2.40. The Labute approximate surface area is 107 Å². The number of hydrogen-bond donors (Lipinski definition) is 1. The van der Waals surface area contributed by atoms with Crippen molar-refractivity contribution in [2.24, 2.45) is 5.92 Å². The smallest absolute Gasteiger partial charge is 0.308 e. The second-order valence-electron chi connectivity index (χ2n) is 6.33. The zero-order valence-electron chi connectivity index (χ0n) is 12.3. The van der Waals surface area contributed by atoms with Crippen LogP contribution in [0.5, 0.6) is 0 Å². The topological polar surface area (TPSA) is 46.5 Å². The zero-order chi connectivity index (χ0) is 13.9. The van der Waals surface area contributed by atoms with Gasteiger partial charge in [0.25, 0.3) is 0 Å². The second kappa shape index (κ2) is 6.00. The molecule has 0 aromatic rings. The molecule has 102 valence electrons. The summed E-state index contributed by atoms with van der Waals surface area (Å²) < 4.78 is 6.22. The molecule has 0 bridgehead atoms. The van der Waals surface area contributed by atoms with Gasteiger partial charge in [0.05, 0.1) is 12.0 Å². The van der Waals surface area contributed by atoms with Crippen LogP contribution >= 0.6 is 0 Å². The van der Waals surface area contributed by atoms with Gasteiger partial charge < -0.3 is 9.53 Å². The maximum atomic E-state index is 11.1. The number of hydrogen-bond acceptors (Lipinski definition) is 2. The van der Waals surface area contributed by atoms with Gasteiger partial charge in [0.2, 0.25) is 0 Å². The van der Waals surface area contributed by atoms with Crippen molar-refractivity contribution in [1.29, 1.82) is 0 Å². The first-order chi connectivity index (χ1) is 7.53. The van der Waals surface area contributed by atoms with E-state index in [1.807, 2.05) is 0 Å². The number of rotatable bonds is 6. The Kier molecular flexibility index (Phi) is 5.88. The van der Waals surface area contributed by atoms with E-state index in [0.29, 0.717) is 0 Å². The van der Waals surface area contributed by atoms with Crippen LogP contribution in [0.1, 0.15) is 47.5 Å². The molecule has 3 nitrogen and oxygen atoms in total. The van der Waals surface area contributed by atoms with Gasteiger partial charge in [-0.05, 0) is 31.5 Å². The van der Waals surface area contributed by atoms with Crippen molar-refractivity contribution in [3.05, 3.63) is 0 Å². The van der Waals surface area contributed by atoms with Gasteiger partial charge in [0, 0.05) is 0 Å². The first-order valence-electron chi connectivity index (χ1n) is 6.43. The van der Waals surface area contributed by atoms with Gasteiger partial charge in [-0.25, -0.2) is 0 Å². The fraction of sp³-hybridized carbons (Fsp3) is 0.923. The molecule has 17 heavy (non-hydrogen) atoms. The molecule has 0 aliphatic heterocycles. The Bertz CT molecular complexity index is 256. The van der Waals surface area contributed by atoms with Gasteiger partial charge in [-0.2, -0.15) is 0 Å². The maximum Gasteiger partial charge on any atom is 0.308 e. The van der Waals surface area contributed by atoms with E-state index in [1.165, 1.54) is 0 Å². The molecule has 1 N–H and O–H groups in total. The molecule has 0 aliphatic rings. The summed E-state index contributed by atoms with van der Waals surface area (Å²) in [6, 6.07) is 0. The molecule has 0 aromatic carbocycles. The molecule has 0 spiro atoms. The Morgan fingerprint density at radius 3 is 2.12 bits per heavy atom. The summed E-state index contributed by atoms with van der Waals surface area (Å²) in [7, 11) is -1.88. The van der Waals surface area contributed by atoms with Gasteiger partial charge in [0.15, 0.2) is 8.32 Å². The van der Waals surface area contributed by atoms with Crippen LogP contribution in [0.15, 0.2) is 0 Å². The zero-order valence-corrected chi connectivity index (χ0v) is 13.3.